The highest BCUT2D eigenvalue weighted by Gasteiger charge is 2.14. The predicted octanol–water partition coefficient (Wildman–Crippen LogP) is 3.65. The second kappa shape index (κ2) is 4.45. The summed E-state index contributed by atoms with van der Waals surface area (Å²) in [5.74, 6) is 0. The fourth-order valence-corrected chi connectivity index (χ4v) is 1.89. The lowest BCUT2D eigenvalue weighted by Crippen LogP contribution is -1.95. The Morgan fingerprint density at radius 1 is 1.12 bits per heavy atom. The number of hydrogen-bond acceptors (Lipinski definition) is 2. The molecule has 2 aromatic rings. The molecule has 0 bridgehead atoms. The van der Waals surface area contributed by atoms with Crippen LogP contribution in [-0.4, -0.2) is 16.1 Å². The lowest BCUT2D eigenvalue weighted by molar-refractivity contribution is 0.112. The molecule has 0 aliphatic heterocycles. The molecule has 0 aliphatic carbocycles. The van der Waals surface area contributed by atoms with E-state index >= 15 is 0 Å². The van der Waals surface area contributed by atoms with Crippen LogP contribution in [0.4, 0.5) is 0 Å². The number of aldehydes is 1. The predicted molar refractivity (Wildman–Crippen MR) is 64.0 cm³/mol. The maximum Gasteiger partial charge on any atom is 0.163 e. The van der Waals surface area contributed by atoms with Gasteiger partial charge in [0.25, 0.3) is 0 Å². The zero-order valence-corrected chi connectivity index (χ0v) is 10.1. The van der Waals surface area contributed by atoms with E-state index in [1.807, 2.05) is 0 Å². The van der Waals surface area contributed by atoms with Gasteiger partial charge in [-0.2, -0.15) is 5.10 Å². The first-order valence-electron chi connectivity index (χ1n) is 4.28. The molecule has 6 heteroatoms. The number of carbonyl (C=O) groups excluding carboxylic acids is 1. The molecule has 16 heavy (non-hydrogen) atoms. The Morgan fingerprint density at radius 2 is 1.75 bits per heavy atom. The molecule has 0 radical (unpaired) electrons. The van der Waals surface area contributed by atoms with Gasteiger partial charge in [-0.25, -0.2) is 4.68 Å². The summed E-state index contributed by atoms with van der Waals surface area (Å²) in [6.07, 6.45) is 0.573. The van der Waals surface area contributed by atoms with E-state index in [1.165, 1.54) is 4.68 Å². The number of halogens is 3. The van der Waals surface area contributed by atoms with Gasteiger partial charge in [-0.1, -0.05) is 34.8 Å². The SMILES string of the molecule is O=Cc1c(Cl)nn(-c2ccc(Cl)cc2)c1Cl. The van der Waals surface area contributed by atoms with Gasteiger partial charge >= 0.3 is 0 Å². The summed E-state index contributed by atoms with van der Waals surface area (Å²) in [6.45, 7) is 0. The molecule has 0 amide bonds. The highest BCUT2D eigenvalue weighted by molar-refractivity contribution is 6.37. The molecule has 1 aromatic heterocycles. The van der Waals surface area contributed by atoms with Crippen molar-refractivity contribution in [1.29, 1.82) is 0 Å². The van der Waals surface area contributed by atoms with Crippen LogP contribution in [0, 0.1) is 0 Å². The van der Waals surface area contributed by atoms with E-state index in [0.717, 1.165) is 0 Å². The summed E-state index contributed by atoms with van der Waals surface area (Å²) in [6, 6.07) is 6.85. The molecule has 1 aromatic carbocycles. The molecular formula is C10H5Cl3N2O. The molecule has 0 atom stereocenters. The molecule has 0 fully saturated rings. The smallest absolute Gasteiger partial charge is 0.163 e. The molecule has 82 valence electrons. The fraction of sp³-hybridized carbons (Fsp3) is 0. The number of aromatic nitrogens is 2. The fourth-order valence-electron chi connectivity index (χ4n) is 1.24. The van der Waals surface area contributed by atoms with Crippen molar-refractivity contribution < 1.29 is 4.79 Å². The van der Waals surface area contributed by atoms with E-state index in [2.05, 4.69) is 5.10 Å². The van der Waals surface area contributed by atoms with E-state index in [4.69, 9.17) is 34.8 Å². The molecule has 0 spiro atoms. The van der Waals surface area contributed by atoms with E-state index in [-0.39, 0.29) is 15.9 Å². The number of carbonyl (C=O) groups is 1. The van der Waals surface area contributed by atoms with Gasteiger partial charge in [-0.05, 0) is 24.3 Å². The van der Waals surface area contributed by atoms with E-state index in [1.54, 1.807) is 24.3 Å². The molecule has 0 aliphatic rings. The first-order chi connectivity index (χ1) is 7.63. The summed E-state index contributed by atoms with van der Waals surface area (Å²) in [5, 5.41) is 4.82. The van der Waals surface area contributed by atoms with Crippen molar-refractivity contribution in [1.82, 2.24) is 9.78 Å². The second-order valence-corrected chi connectivity index (χ2v) is 4.15. The van der Waals surface area contributed by atoms with Crippen molar-refractivity contribution in [3.63, 3.8) is 0 Å². The van der Waals surface area contributed by atoms with E-state index in [0.29, 0.717) is 17.0 Å². The second-order valence-electron chi connectivity index (χ2n) is 3.00. The van der Waals surface area contributed by atoms with Gasteiger partial charge in [-0.3, -0.25) is 4.79 Å². The average molecular weight is 276 g/mol. The zero-order chi connectivity index (χ0) is 11.7. The Morgan fingerprint density at radius 3 is 2.25 bits per heavy atom. The molecule has 0 unspecified atom stereocenters. The highest BCUT2D eigenvalue weighted by atomic mass is 35.5. The Hall–Kier alpha value is -1.03. The van der Waals surface area contributed by atoms with Crippen LogP contribution < -0.4 is 0 Å². The van der Waals surface area contributed by atoms with Crippen LogP contribution in [0.2, 0.25) is 15.3 Å². The van der Waals surface area contributed by atoms with Crippen molar-refractivity contribution >= 4 is 41.1 Å². The van der Waals surface area contributed by atoms with Crippen molar-refractivity contribution in [3.05, 3.63) is 45.2 Å². The third-order valence-corrected chi connectivity index (χ3v) is 2.90. The summed E-state index contributed by atoms with van der Waals surface area (Å²) < 4.78 is 1.38. The summed E-state index contributed by atoms with van der Waals surface area (Å²) >= 11 is 17.5. The molecular weight excluding hydrogens is 270 g/mol. The Bertz CT molecular complexity index is 534. The molecule has 2 rings (SSSR count). The zero-order valence-electron chi connectivity index (χ0n) is 7.82. The standard InChI is InChI=1S/C10H5Cl3N2O/c11-6-1-3-7(4-2-6)15-10(13)8(5-16)9(12)14-15/h1-5H. The lowest BCUT2D eigenvalue weighted by Gasteiger charge is -2.02. The van der Waals surface area contributed by atoms with Crippen molar-refractivity contribution in [2.75, 3.05) is 0 Å². The van der Waals surface area contributed by atoms with Crippen molar-refractivity contribution in [3.8, 4) is 5.69 Å². The van der Waals surface area contributed by atoms with Gasteiger partial charge in [0.1, 0.15) is 5.15 Å². The van der Waals surface area contributed by atoms with Crippen molar-refractivity contribution in [2.24, 2.45) is 0 Å². The van der Waals surface area contributed by atoms with Crippen LogP contribution in [0.15, 0.2) is 24.3 Å². The number of nitrogens with zero attached hydrogens (tertiary/aromatic N) is 2. The van der Waals surface area contributed by atoms with Crippen LogP contribution in [0.25, 0.3) is 5.69 Å². The number of hydrogen-bond donors (Lipinski definition) is 0. The Kier molecular flexibility index (Phi) is 3.19. The first kappa shape index (κ1) is 11.5. The first-order valence-corrected chi connectivity index (χ1v) is 5.42. The van der Waals surface area contributed by atoms with Crippen LogP contribution in [0.3, 0.4) is 0 Å². The quantitative estimate of drug-likeness (QED) is 0.784. The summed E-state index contributed by atoms with van der Waals surface area (Å²) in [7, 11) is 0. The van der Waals surface area contributed by atoms with E-state index < -0.39 is 0 Å². The van der Waals surface area contributed by atoms with Gasteiger partial charge in [0.15, 0.2) is 11.4 Å². The molecule has 1 heterocycles. The van der Waals surface area contributed by atoms with Crippen LogP contribution in [0.5, 0.6) is 0 Å². The Labute approximate surface area is 107 Å². The van der Waals surface area contributed by atoms with Gasteiger partial charge in [-0.15, -0.1) is 0 Å². The minimum absolute atomic E-state index is 0.0787. The van der Waals surface area contributed by atoms with Crippen LogP contribution in [0.1, 0.15) is 10.4 Å². The molecule has 0 saturated heterocycles. The third kappa shape index (κ3) is 1.94. The maximum atomic E-state index is 10.7. The minimum atomic E-state index is 0.0787. The number of benzene rings is 1. The lowest BCUT2D eigenvalue weighted by atomic mass is 10.3. The van der Waals surface area contributed by atoms with Gasteiger partial charge < -0.3 is 0 Å². The average Bonchev–Trinajstić information content (AvgIpc) is 2.55. The summed E-state index contributed by atoms with van der Waals surface area (Å²) in [5.41, 5.74) is 0.864. The van der Waals surface area contributed by atoms with Gasteiger partial charge in [0.05, 0.1) is 11.3 Å². The largest absolute Gasteiger partial charge is 0.298 e. The monoisotopic (exact) mass is 274 g/mol. The minimum Gasteiger partial charge on any atom is -0.298 e. The number of rotatable bonds is 2. The van der Waals surface area contributed by atoms with Crippen LogP contribution >= 0.6 is 34.8 Å². The Balaban J connectivity index is 2.56. The summed E-state index contributed by atoms with van der Waals surface area (Å²) in [4.78, 5) is 10.7. The van der Waals surface area contributed by atoms with Crippen LogP contribution in [-0.2, 0) is 0 Å². The van der Waals surface area contributed by atoms with E-state index in [9.17, 15) is 4.79 Å². The highest BCUT2D eigenvalue weighted by Crippen LogP contribution is 2.25. The normalized spacial score (nSPS) is 10.4. The topological polar surface area (TPSA) is 34.9 Å². The van der Waals surface area contributed by atoms with Gasteiger partial charge in [0.2, 0.25) is 0 Å². The van der Waals surface area contributed by atoms with Gasteiger partial charge in [0, 0.05) is 5.02 Å². The maximum absolute atomic E-state index is 10.7. The van der Waals surface area contributed by atoms with Crippen molar-refractivity contribution in [2.45, 2.75) is 0 Å². The molecule has 0 saturated carbocycles. The molecule has 3 nitrogen and oxygen atoms in total. The third-order valence-electron chi connectivity index (χ3n) is 2.01. The molecule has 0 N–H and O–H groups in total.